The predicted molar refractivity (Wildman–Crippen MR) is 102 cm³/mol. The summed E-state index contributed by atoms with van der Waals surface area (Å²) in [6.45, 7) is 6.12. The molecule has 1 rings (SSSR count). The average Bonchev–Trinajstić information content (AvgIpc) is 2.57. The van der Waals surface area contributed by atoms with Crippen molar-refractivity contribution < 1.29 is 23.9 Å². The quantitative estimate of drug-likeness (QED) is 0.610. The van der Waals surface area contributed by atoms with Crippen LogP contribution in [-0.4, -0.2) is 43.8 Å². The van der Waals surface area contributed by atoms with E-state index in [4.69, 9.17) is 9.47 Å². The zero-order valence-electron chi connectivity index (χ0n) is 16.4. The van der Waals surface area contributed by atoms with E-state index >= 15 is 0 Å². The second-order valence-electron chi connectivity index (χ2n) is 6.90. The summed E-state index contributed by atoms with van der Waals surface area (Å²) in [4.78, 5) is 35.3. The Kier molecular flexibility index (Phi) is 9.29. The number of amides is 3. The van der Waals surface area contributed by atoms with E-state index in [-0.39, 0.29) is 31.2 Å². The summed E-state index contributed by atoms with van der Waals surface area (Å²) in [5, 5.41) is 8.12. The number of nitrogens with one attached hydrogen (secondary N) is 3. The minimum Gasteiger partial charge on any atom is -0.444 e. The monoisotopic (exact) mass is 379 g/mol. The standard InChI is InChI=1S/C19H29N3O5/c1-19(2,3)27-18(25)20-11-9-17(24)22-15-8-6-5-7-14(15)13-21-16(23)10-12-26-4/h5-8H,9-13H2,1-4H3,(H,20,25)(H,21,23)(H,22,24). The van der Waals surface area contributed by atoms with Gasteiger partial charge in [0, 0.05) is 38.7 Å². The lowest BCUT2D eigenvalue weighted by Gasteiger charge is -2.19. The number of hydrogen-bond donors (Lipinski definition) is 3. The summed E-state index contributed by atoms with van der Waals surface area (Å²) in [5.41, 5.74) is 0.822. The molecule has 0 aromatic heterocycles. The Morgan fingerprint density at radius 1 is 1.00 bits per heavy atom. The molecule has 0 aliphatic rings. The van der Waals surface area contributed by atoms with Gasteiger partial charge in [0.15, 0.2) is 0 Å². The van der Waals surface area contributed by atoms with Crippen molar-refractivity contribution in [2.45, 2.75) is 45.8 Å². The van der Waals surface area contributed by atoms with E-state index in [1.54, 1.807) is 32.9 Å². The number of ether oxygens (including phenoxy) is 2. The highest BCUT2D eigenvalue weighted by Gasteiger charge is 2.16. The second kappa shape index (κ2) is 11.2. The van der Waals surface area contributed by atoms with Crippen molar-refractivity contribution >= 4 is 23.6 Å². The van der Waals surface area contributed by atoms with E-state index in [9.17, 15) is 14.4 Å². The number of anilines is 1. The van der Waals surface area contributed by atoms with E-state index in [0.717, 1.165) is 5.56 Å². The van der Waals surface area contributed by atoms with Gasteiger partial charge in [0.25, 0.3) is 0 Å². The number of carbonyl (C=O) groups is 3. The lowest BCUT2D eigenvalue weighted by atomic mass is 10.1. The van der Waals surface area contributed by atoms with Gasteiger partial charge >= 0.3 is 6.09 Å². The molecule has 0 atom stereocenters. The summed E-state index contributed by atoms with van der Waals surface area (Å²) in [7, 11) is 1.54. The molecule has 0 radical (unpaired) electrons. The third-order valence-corrected chi connectivity index (χ3v) is 3.32. The summed E-state index contributed by atoms with van der Waals surface area (Å²) in [5.74, 6) is -0.372. The summed E-state index contributed by atoms with van der Waals surface area (Å²) >= 11 is 0. The molecule has 0 saturated carbocycles. The van der Waals surface area contributed by atoms with Crippen LogP contribution in [0.25, 0.3) is 0 Å². The van der Waals surface area contributed by atoms with Crippen LogP contribution in [0.1, 0.15) is 39.2 Å². The second-order valence-corrected chi connectivity index (χ2v) is 6.90. The zero-order chi connectivity index (χ0) is 20.3. The summed E-state index contributed by atoms with van der Waals surface area (Å²) in [6, 6.07) is 7.21. The van der Waals surface area contributed by atoms with Crippen LogP contribution in [0.3, 0.4) is 0 Å². The van der Waals surface area contributed by atoms with Crippen molar-refractivity contribution in [2.24, 2.45) is 0 Å². The Bertz CT molecular complexity index is 640. The highest BCUT2D eigenvalue weighted by atomic mass is 16.6. The lowest BCUT2D eigenvalue weighted by Crippen LogP contribution is -2.34. The number of benzene rings is 1. The normalized spacial score (nSPS) is 10.8. The van der Waals surface area contributed by atoms with Gasteiger partial charge in [-0.3, -0.25) is 9.59 Å². The largest absolute Gasteiger partial charge is 0.444 e. The lowest BCUT2D eigenvalue weighted by molar-refractivity contribution is -0.122. The van der Waals surface area contributed by atoms with Gasteiger partial charge in [0.05, 0.1) is 6.61 Å². The molecule has 1 aromatic carbocycles. The van der Waals surface area contributed by atoms with Crippen LogP contribution in [0.4, 0.5) is 10.5 Å². The van der Waals surface area contributed by atoms with E-state index in [2.05, 4.69) is 16.0 Å². The highest BCUT2D eigenvalue weighted by Crippen LogP contribution is 2.15. The number of para-hydroxylation sites is 1. The molecule has 0 saturated heterocycles. The maximum atomic E-state index is 12.1. The molecular weight excluding hydrogens is 350 g/mol. The first-order valence-electron chi connectivity index (χ1n) is 8.81. The molecule has 0 unspecified atom stereocenters. The van der Waals surface area contributed by atoms with Crippen molar-refractivity contribution in [3.63, 3.8) is 0 Å². The van der Waals surface area contributed by atoms with Crippen molar-refractivity contribution in [1.82, 2.24) is 10.6 Å². The molecule has 0 fully saturated rings. The van der Waals surface area contributed by atoms with Crippen LogP contribution in [-0.2, 0) is 25.6 Å². The van der Waals surface area contributed by atoms with Crippen LogP contribution < -0.4 is 16.0 Å². The highest BCUT2D eigenvalue weighted by molar-refractivity contribution is 5.92. The Morgan fingerprint density at radius 2 is 1.70 bits per heavy atom. The molecular formula is C19H29N3O5. The van der Waals surface area contributed by atoms with E-state index in [1.807, 2.05) is 12.1 Å². The zero-order valence-corrected chi connectivity index (χ0v) is 16.4. The Labute approximate surface area is 160 Å². The molecule has 27 heavy (non-hydrogen) atoms. The van der Waals surface area contributed by atoms with Crippen LogP contribution >= 0.6 is 0 Å². The van der Waals surface area contributed by atoms with Crippen molar-refractivity contribution in [3.05, 3.63) is 29.8 Å². The number of carbonyl (C=O) groups excluding carboxylic acids is 3. The van der Waals surface area contributed by atoms with Crippen LogP contribution in [0.2, 0.25) is 0 Å². The Morgan fingerprint density at radius 3 is 2.37 bits per heavy atom. The first-order chi connectivity index (χ1) is 12.7. The number of alkyl carbamates (subject to hydrolysis) is 1. The van der Waals surface area contributed by atoms with Crippen LogP contribution in [0, 0.1) is 0 Å². The fraction of sp³-hybridized carbons (Fsp3) is 0.526. The third-order valence-electron chi connectivity index (χ3n) is 3.32. The molecule has 0 spiro atoms. The van der Waals surface area contributed by atoms with Gasteiger partial charge in [-0.2, -0.15) is 0 Å². The van der Waals surface area contributed by atoms with Crippen molar-refractivity contribution in [3.8, 4) is 0 Å². The number of methoxy groups -OCH3 is 1. The Balaban J connectivity index is 2.45. The van der Waals surface area contributed by atoms with Crippen LogP contribution in [0.5, 0.6) is 0 Å². The van der Waals surface area contributed by atoms with Gasteiger partial charge in [-0.05, 0) is 32.4 Å². The average molecular weight is 379 g/mol. The van der Waals surface area contributed by atoms with Crippen molar-refractivity contribution in [2.75, 3.05) is 25.6 Å². The topological polar surface area (TPSA) is 106 Å². The SMILES string of the molecule is COCCC(=O)NCc1ccccc1NC(=O)CCNC(=O)OC(C)(C)C. The van der Waals surface area contributed by atoms with Gasteiger partial charge in [0.1, 0.15) is 5.60 Å². The molecule has 8 nitrogen and oxygen atoms in total. The first kappa shape index (κ1) is 22.4. The van der Waals surface area contributed by atoms with E-state index < -0.39 is 11.7 Å². The molecule has 3 N–H and O–H groups in total. The molecule has 0 aliphatic heterocycles. The molecule has 0 bridgehead atoms. The van der Waals surface area contributed by atoms with E-state index in [1.165, 1.54) is 7.11 Å². The number of rotatable bonds is 9. The molecule has 3 amide bonds. The molecule has 1 aromatic rings. The minimum atomic E-state index is -0.584. The first-order valence-corrected chi connectivity index (χ1v) is 8.81. The maximum Gasteiger partial charge on any atom is 0.407 e. The third kappa shape index (κ3) is 10.2. The maximum absolute atomic E-state index is 12.1. The van der Waals surface area contributed by atoms with Gasteiger partial charge in [-0.1, -0.05) is 18.2 Å². The van der Waals surface area contributed by atoms with Gasteiger partial charge < -0.3 is 25.4 Å². The van der Waals surface area contributed by atoms with Crippen molar-refractivity contribution in [1.29, 1.82) is 0 Å². The summed E-state index contributed by atoms with van der Waals surface area (Å²) in [6.07, 6.45) is -0.177. The van der Waals surface area contributed by atoms with Crippen LogP contribution in [0.15, 0.2) is 24.3 Å². The minimum absolute atomic E-state index is 0.105. The van der Waals surface area contributed by atoms with E-state index in [0.29, 0.717) is 18.8 Å². The Hall–Kier alpha value is -2.61. The molecule has 150 valence electrons. The summed E-state index contributed by atoms with van der Waals surface area (Å²) < 4.78 is 9.97. The molecule has 0 aliphatic carbocycles. The smallest absolute Gasteiger partial charge is 0.407 e. The fourth-order valence-corrected chi connectivity index (χ4v) is 2.08. The molecule has 8 heteroatoms. The van der Waals surface area contributed by atoms with Gasteiger partial charge in [-0.25, -0.2) is 4.79 Å². The van der Waals surface area contributed by atoms with Gasteiger partial charge in [-0.15, -0.1) is 0 Å². The number of hydrogen-bond acceptors (Lipinski definition) is 5. The fourth-order valence-electron chi connectivity index (χ4n) is 2.08. The predicted octanol–water partition coefficient (Wildman–Crippen LogP) is 2.19. The molecule has 0 heterocycles. The van der Waals surface area contributed by atoms with Gasteiger partial charge in [0.2, 0.25) is 11.8 Å².